The molecular weight excluding hydrogens is 278 g/mol. The van der Waals surface area contributed by atoms with Crippen LogP contribution in [0.15, 0.2) is 42.6 Å². The second-order valence-electron chi connectivity index (χ2n) is 5.40. The van der Waals surface area contributed by atoms with Crippen LogP contribution >= 0.6 is 0 Å². The Hall–Kier alpha value is -2.82. The largest absolute Gasteiger partial charge is 0.493 e. The molecule has 2 heterocycles. The van der Waals surface area contributed by atoms with Crippen molar-refractivity contribution in [2.24, 2.45) is 0 Å². The minimum absolute atomic E-state index is 0.0835. The number of aromatic amines is 1. The van der Waals surface area contributed by atoms with Gasteiger partial charge in [0.25, 0.3) is 5.91 Å². The molecule has 0 radical (unpaired) electrons. The van der Waals surface area contributed by atoms with E-state index in [-0.39, 0.29) is 5.91 Å². The van der Waals surface area contributed by atoms with Crippen LogP contribution in [0, 0.1) is 0 Å². The molecule has 0 saturated carbocycles. The van der Waals surface area contributed by atoms with Gasteiger partial charge in [0.1, 0.15) is 5.75 Å². The minimum atomic E-state index is -0.0835. The maximum atomic E-state index is 12.3. The maximum Gasteiger partial charge on any atom is 0.251 e. The highest BCUT2D eigenvalue weighted by Crippen LogP contribution is 2.25. The third-order valence-electron chi connectivity index (χ3n) is 3.91. The van der Waals surface area contributed by atoms with E-state index >= 15 is 0 Å². The zero-order chi connectivity index (χ0) is 14.9. The van der Waals surface area contributed by atoms with Gasteiger partial charge in [-0.2, -0.15) is 5.10 Å². The van der Waals surface area contributed by atoms with Gasteiger partial charge in [-0.05, 0) is 35.4 Å². The number of ether oxygens (including phenoxy) is 1. The predicted octanol–water partition coefficient (Wildman–Crippen LogP) is 2.43. The number of hydrogen-bond donors (Lipinski definition) is 2. The van der Waals surface area contributed by atoms with Crippen molar-refractivity contribution < 1.29 is 9.53 Å². The molecule has 1 aliphatic rings. The fourth-order valence-electron chi connectivity index (χ4n) is 2.72. The summed E-state index contributed by atoms with van der Waals surface area (Å²) < 4.78 is 5.49. The lowest BCUT2D eigenvalue weighted by molar-refractivity contribution is 0.0951. The Morgan fingerprint density at radius 1 is 1.27 bits per heavy atom. The number of nitrogens with one attached hydrogen (secondary N) is 2. The Bertz CT molecular complexity index is 854. The molecule has 1 amide bonds. The van der Waals surface area contributed by atoms with Crippen molar-refractivity contribution in [1.29, 1.82) is 0 Å². The Morgan fingerprint density at radius 2 is 2.23 bits per heavy atom. The molecule has 1 aliphatic heterocycles. The van der Waals surface area contributed by atoms with E-state index in [1.165, 1.54) is 5.56 Å². The zero-order valence-electron chi connectivity index (χ0n) is 11.9. The molecule has 0 spiro atoms. The van der Waals surface area contributed by atoms with E-state index in [0.717, 1.165) is 35.2 Å². The van der Waals surface area contributed by atoms with Crippen molar-refractivity contribution in [2.75, 3.05) is 6.61 Å². The highest BCUT2D eigenvalue weighted by Gasteiger charge is 2.12. The van der Waals surface area contributed by atoms with Gasteiger partial charge < -0.3 is 10.1 Å². The van der Waals surface area contributed by atoms with Crippen molar-refractivity contribution in [3.05, 3.63) is 59.3 Å². The monoisotopic (exact) mass is 293 g/mol. The van der Waals surface area contributed by atoms with E-state index in [2.05, 4.69) is 21.6 Å². The summed E-state index contributed by atoms with van der Waals surface area (Å²) in [5.41, 5.74) is 3.86. The summed E-state index contributed by atoms with van der Waals surface area (Å²) in [6.07, 6.45) is 2.65. The Morgan fingerprint density at radius 3 is 3.18 bits per heavy atom. The molecule has 5 nitrogen and oxygen atoms in total. The number of amides is 1. The summed E-state index contributed by atoms with van der Waals surface area (Å²) in [7, 11) is 0. The summed E-state index contributed by atoms with van der Waals surface area (Å²) in [5, 5.41) is 10.7. The lowest BCUT2D eigenvalue weighted by atomic mass is 10.1. The van der Waals surface area contributed by atoms with Crippen molar-refractivity contribution >= 4 is 16.8 Å². The molecule has 4 rings (SSSR count). The number of hydrogen-bond acceptors (Lipinski definition) is 3. The van der Waals surface area contributed by atoms with Gasteiger partial charge in [-0.25, -0.2) is 0 Å². The van der Waals surface area contributed by atoms with Gasteiger partial charge >= 0.3 is 0 Å². The third-order valence-corrected chi connectivity index (χ3v) is 3.91. The zero-order valence-corrected chi connectivity index (χ0v) is 11.9. The summed E-state index contributed by atoms with van der Waals surface area (Å²) in [6.45, 7) is 1.26. The first-order chi connectivity index (χ1) is 10.8. The number of benzene rings is 2. The van der Waals surface area contributed by atoms with Gasteiger partial charge in [-0.1, -0.05) is 12.1 Å². The van der Waals surface area contributed by atoms with Crippen molar-refractivity contribution in [3.8, 4) is 5.75 Å². The van der Waals surface area contributed by atoms with Gasteiger partial charge in [-0.3, -0.25) is 9.89 Å². The molecule has 0 atom stereocenters. The van der Waals surface area contributed by atoms with Crippen LogP contribution in [0.4, 0.5) is 0 Å². The topological polar surface area (TPSA) is 67.0 Å². The van der Waals surface area contributed by atoms with Crippen molar-refractivity contribution in [1.82, 2.24) is 15.5 Å². The molecule has 0 aliphatic carbocycles. The summed E-state index contributed by atoms with van der Waals surface area (Å²) in [6, 6.07) is 11.6. The van der Waals surface area contributed by atoms with E-state index in [4.69, 9.17) is 4.74 Å². The Balaban J connectivity index is 1.47. The second kappa shape index (κ2) is 5.18. The van der Waals surface area contributed by atoms with Crippen LogP contribution in [-0.2, 0) is 13.0 Å². The van der Waals surface area contributed by atoms with Gasteiger partial charge in [-0.15, -0.1) is 0 Å². The predicted molar refractivity (Wildman–Crippen MR) is 82.9 cm³/mol. The average molecular weight is 293 g/mol. The highest BCUT2D eigenvalue weighted by molar-refractivity contribution is 5.97. The number of carbonyl (C=O) groups excluding carboxylic acids is 1. The molecule has 5 heteroatoms. The van der Waals surface area contributed by atoms with Crippen molar-refractivity contribution in [2.45, 2.75) is 13.0 Å². The van der Waals surface area contributed by atoms with E-state index in [0.29, 0.717) is 12.1 Å². The number of fused-ring (bicyclic) bond motifs is 2. The van der Waals surface area contributed by atoms with E-state index < -0.39 is 0 Å². The molecule has 0 unspecified atom stereocenters. The number of aromatic nitrogens is 2. The fraction of sp³-hybridized carbons (Fsp3) is 0.176. The van der Waals surface area contributed by atoms with Crippen LogP contribution in [-0.4, -0.2) is 22.7 Å². The first kappa shape index (κ1) is 12.9. The molecule has 3 aromatic rings. The normalized spacial score (nSPS) is 12.9. The number of nitrogens with zero attached hydrogens (tertiary/aromatic N) is 1. The number of H-pyrrole nitrogens is 1. The molecule has 110 valence electrons. The molecule has 2 N–H and O–H groups in total. The summed E-state index contributed by atoms with van der Waals surface area (Å²) in [4.78, 5) is 12.3. The SMILES string of the molecule is O=C(NCc1ccc2c(c1)CCO2)c1ccc2[nH]ncc2c1. The third kappa shape index (κ3) is 2.30. The van der Waals surface area contributed by atoms with Gasteiger partial charge in [0.15, 0.2) is 0 Å². The average Bonchev–Trinajstić information content (AvgIpc) is 3.19. The molecule has 0 bridgehead atoms. The standard InChI is InChI=1S/C17H15N3O2/c21-17(13-2-3-15-14(8-13)10-19-20-15)18-9-11-1-4-16-12(7-11)5-6-22-16/h1-4,7-8,10H,5-6,9H2,(H,18,21)(H,19,20). The molecule has 0 saturated heterocycles. The number of rotatable bonds is 3. The maximum absolute atomic E-state index is 12.3. The second-order valence-corrected chi connectivity index (χ2v) is 5.40. The van der Waals surface area contributed by atoms with E-state index in [1.54, 1.807) is 12.3 Å². The van der Waals surface area contributed by atoms with Crippen LogP contribution in [0.3, 0.4) is 0 Å². The lowest BCUT2D eigenvalue weighted by Crippen LogP contribution is -2.22. The van der Waals surface area contributed by atoms with Crippen molar-refractivity contribution in [3.63, 3.8) is 0 Å². The quantitative estimate of drug-likeness (QED) is 0.779. The van der Waals surface area contributed by atoms with Crippen LogP contribution < -0.4 is 10.1 Å². The molecular formula is C17H15N3O2. The van der Waals surface area contributed by atoms with E-state index in [9.17, 15) is 4.79 Å². The molecule has 1 aromatic heterocycles. The smallest absolute Gasteiger partial charge is 0.251 e. The first-order valence-corrected chi connectivity index (χ1v) is 7.25. The summed E-state index contributed by atoms with van der Waals surface area (Å²) >= 11 is 0. The van der Waals surface area contributed by atoms with E-state index in [1.807, 2.05) is 24.3 Å². The Labute approximate surface area is 127 Å². The molecule has 22 heavy (non-hydrogen) atoms. The highest BCUT2D eigenvalue weighted by atomic mass is 16.5. The van der Waals surface area contributed by atoms with Crippen LogP contribution in [0.25, 0.3) is 10.9 Å². The first-order valence-electron chi connectivity index (χ1n) is 7.25. The Kier molecular flexibility index (Phi) is 3.04. The molecule has 0 fully saturated rings. The van der Waals surface area contributed by atoms with Crippen LogP contribution in [0.5, 0.6) is 5.75 Å². The van der Waals surface area contributed by atoms with Crippen LogP contribution in [0.1, 0.15) is 21.5 Å². The fourth-order valence-corrected chi connectivity index (χ4v) is 2.72. The number of carbonyl (C=O) groups is 1. The van der Waals surface area contributed by atoms with Gasteiger partial charge in [0.2, 0.25) is 0 Å². The van der Waals surface area contributed by atoms with Gasteiger partial charge in [0.05, 0.1) is 18.3 Å². The minimum Gasteiger partial charge on any atom is -0.493 e. The van der Waals surface area contributed by atoms with Gasteiger partial charge in [0, 0.05) is 23.9 Å². The lowest BCUT2D eigenvalue weighted by Gasteiger charge is -2.07. The van der Waals surface area contributed by atoms with Crippen LogP contribution in [0.2, 0.25) is 0 Å². The summed E-state index contributed by atoms with van der Waals surface area (Å²) in [5.74, 6) is 0.875. The molecule has 2 aromatic carbocycles.